The third kappa shape index (κ3) is 3.90. The molecule has 0 bridgehead atoms. The molecule has 29 heavy (non-hydrogen) atoms. The van der Waals surface area contributed by atoms with Crippen LogP contribution in [0.5, 0.6) is 0 Å². The lowest BCUT2D eigenvalue weighted by atomic mass is 10.2. The predicted octanol–water partition coefficient (Wildman–Crippen LogP) is 6.08. The summed E-state index contributed by atoms with van der Waals surface area (Å²) in [5.74, 6) is 1.08. The second-order valence-corrected chi connectivity index (χ2v) is 11.6. The van der Waals surface area contributed by atoms with Gasteiger partial charge in [0.15, 0.2) is 0 Å². The van der Waals surface area contributed by atoms with Crippen LogP contribution >= 0.6 is 19.0 Å². The molecule has 144 valence electrons. The fourth-order valence-corrected chi connectivity index (χ4v) is 10.6. The smallest absolute Gasteiger partial charge is 0.120 e. The van der Waals surface area contributed by atoms with Crippen molar-refractivity contribution in [2.24, 2.45) is 0 Å². The van der Waals surface area contributed by atoms with Crippen molar-refractivity contribution in [2.45, 2.75) is 5.66 Å². The highest BCUT2D eigenvalue weighted by Gasteiger charge is 2.52. The van der Waals surface area contributed by atoms with Crippen LogP contribution < -0.4 is 15.9 Å². The Morgan fingerprint density at radius 2 is 0.897 bits per heavy atom. The van der Waals surface area contributed by atoms with E-state index in [1.54, 1.807) is 0 Å². The Kier molecular flexibility index (Phi) is 6.49. The van der Waals surface area contributed by atoms with Crippen molar-refractivity contribution in [3.8, 4) is 0 Å². The summed E-state index contributed by atoms with van der Waals surface area (Å²) in [7, 11) is -1.92. The lowest BCUT2D eigenvalue weighted by Gasteiger charge is -2.35. The van der Waals surface area contributed by atoms with Crippen molar-refractivity contribution >= 4 is 34.9 Å². The minimum Gasteiger partial charge on any atom is -0.161 e. The first-order valence-electron chi connectivity index (χ1n) is 9.97. The molecule has 0 heterocycles. The summed E-state index contributed by atoms with van der Waals surface area (Å²) >= 11 is 1.94. The van der Waals surface area contributed by atoms with Crippen LogP contribution in [0.15, 0.2) is 121 Å². The third-order valence-corrected chi connectivity index (χ3v) is 11.1. The third-order valence-electron chi connectivity index (χ3n) is 5.47. The Labute approximate surface area is 179 Å². The van der Waals surface area contributed by atoms with Crippen molar-refractivity contribution in [3.05, 3.63) is 127 Å². The van der Waals surface area contributed by atoms with Crippen LogP contribution in [0.2, 0.25) is 0 Å². The van der Waals surface area contributed by atoms with Crippen LogP contribution in [0.4, 0.5) is 0 Å². The van der Waals surface area contributed by atoms with Crippen LogP contribution in [0.25, 0.3) is 0 Å². The van der Waals surface area contributed by atoms with Gasteiger partial charge in [-0.15, -0.1) is 0 Å². The second kappa shape index (κ2) is 9.44. The molecule has 0 N–H and O–H groups in total. The van der Waals surface area contributed by atoms with E-state index in [0.29, 0.717) is 5.66 Å². The van der Waals surface area contributed by atoms with Crippen molar-refractivity contribution in [1.29, 1.82) is 0 Å². The van der Waals surface area contributed by atoms with E-state index < -0.39 is 7.26 Å². The molecule has 0 aliphatic rings. The highest BCUT2D eigenvalue weighted by Crippen LogP contribution is 2.67. The van der Waals surface area contributed by atoms with Crippen molar-refractivity contribution in [2.75, 3.05) is 12.0 Å². The number of benzene rings is 4. The molecule has 0 radical (unpaired) electrons. The van der Waals surface area contributed by atoms with E-state index in [1.165, 1.54) is 21.5 Å². The zero-order valence-corrected chi connectivity index (χ0v) is 18.4. The van der Waals surface area contributed by atoms with Gasteiger partial charge in [0, 0.05) is 5.75 Å². The number of hydrogen-bond donors (Lipinski definition) is 0. The van der Waals surface area contributed by atoms with Crippen molar-refractivity contribution in [1.82, 2.24) is 0 Å². The number of hydrogen-bond acceptors (Lipinski definition) is 1. The van der Waals surface area contributed by atoms with Crippen LogP contribution in [0, 0.1) is 0 Å². The van der Waals surface area contributed by atoms with E-state index in [-0.39, 0.29) is 0 Å². The van der Waals surface area contributed by atoms with Gasteiger partial charge in [0.1, 0.15) is 28.8 Å². The first kappa shape index (κ1) is 20.0. The van der Waals surface area contributed by atoms with E-state index in [9.17, 15) is 0 Å². The highest BCUT2D eigenvalue weighted by molar-refractivity contribution is 8.01. The largest absolute Gasteiger partial charge is 0.161 e. The van der Waals surface area contributed by atoms with Gasteiger partial charge in [-0.1, -0.05) is 84.9 Å². The molecule has 0 nitrogen and oxygen atoms in total. The normalized spacial score (nSPS) is 12.4. The van der Waals surface area contributed by atoms with E-state index in [0.717, 1.165) is 5.75 Å². The zero-order chi connectivity index (χ0) is 19.9. The van der Waals surface area contributed by atoms with Gasteiger partial charge in [0.05, 0.1) is 0 Å². The van der Waals surface area contributed by atoms with E-state index >= 15 is 0 Å². The predicted molar refractivity (Wildman–Crippen MR) is 133 cm³/mol. The van der Waals surface area contributed by atoms with E-state index in [2.05, 4.69) is 128 Å². The Hall–Kier alpha value is -2.34. The molecule has 4 rings (SSSR count). The fourth-order valence-electron chi connectivity index (χ4n) is 4.24. The minimum atomic E-state index is -1.92. The second-order valence-electron chi connectivity index (χ2n) is 7.11. The quantitative estimate of drug-likeness (QED) is 0.331. The van der Waals surface area contributed by atoms with Crippen LogP contribution in [0.1, 0.15) is 11.2 Å². The van der Waals surface area contributed by atoms with Crippen molar-refractivity contribution in [3.63, 3.8) is 0 Å². The zero-order valence-electron chi connectivity index (χ0n) is 16.7. The molecule has 4 aromatic carbocycles. The summed E-state index contributed by atoms with van der Waals surface area (Å²) in [4.78, 5) is 0. The minimum absolute atomic E-state index is 0.408. The fraction of sp³-hybridized carbons (Fsp3) is 0.111. The van der Waals surface area contributed by atoms with Gasteiger partial charge in [-0.3, -0.25) is 0 Å². The molecule has 0 aliphatic carbocycles. The molecule has 0 amide bonds. The average Bonchev–Trinajstić information content (AvgIpc) is 2.82. The molecule has 0 spiro atoms. The Morgan fingerprint density at radius 1 is 0.552 bits per heavy atom. The SMILES string of the molecule is CSCC(c1ccccc1)[P+](c1ccccc1)(c1ccccc1)c1ccccc1. The molecule has 0 saturated heterocycles. The molecule has 0 saturated carbocycles. The molecule has 2 heteroatoms. The Bertz CT molecular complexity index is 905. The van der Waals surface area contributed by atoms with Crippen LogP contribution in [-0.4, -0.2) is 12.0 Å². The van der Waals surface area contributed by atoms with E-state index in [1.807, 2.05) is 11.8 Å². The monoisotopic (exact) mass is 413 g/mol. The highest BCUT2D eigenvalue weighted by atomic mass is 32.2. The summed E-state index contributed by atoms with van der Waals surface area (Å²) in [5.41, 5.74) is 1.83. The summed E-state index contributed by atoms with van der Waals surface area (Å²) in [6, 6.07) is 44.6. The number of rotatable bonds is 7. The maximum absolute atomic E-state index is 2.34. The Balaban J connectivity index is 2.10. The summed E-state index contributed by atoms with van der Waals surface area (Å²) in [6.45, 7) is 0. The topological polar surface area (TPSA) is 0 Å². The molecule has 4 aromatic rings. The van der Waals surface area contributed by atoms with Gasteiger partial charge in [-0.2, -0.15) is 11.8 Å². The molecule has 0 aromatic heterocycles. The van der Waals surface area contributed by atoms with Gasteiger partial charge in [0.25, 0.3) is 0 Å². The standard InChI is InChI=1S/C27H26PS/c1-29-22-27(23-14-6-2-7-15-23)28(24-16-8-3-9-17-24,25-18-10-4-11-19-25)26-20-12-5-13-21-26/h2-21,27H,22H2,1H3/q+1. The van der Waals surface area contributed by atoms with E-state index in [4.69, 9.17) is 0 Å². The first-order valence-corrected chi connectivity index (χ1v) is 13.2. The first-order chi connectivity index (χ1) is 14.4. The Morgan fingerprint density at radius 3 is 1.24 bits per heavy atom. The molecule has 0 aliphatic heterocycles. The summed E-state index contributed by atoms with van der Waals surface area (Å²) in [6.07, 6.45) is 2.23. The lowest BCUT2D eigenvalue weighted by Crippen LogP contribution is -2.36. The van der Waals surface area contributed by atoms with Crippen LogP contribution in [0.3, 0.4) is 0 Å². The van der Waals surface area contributed by atoms with Crippen LogP contribution in [-0.2, 0) is 0 Å². The molecular formula is C27H26PS+. The van der Waals surface area contributed by atoms with Gasteiger partial charge in [-0.05, 0) is 48.2 Å². The molecule has 0 fully saturated rings. The molecular weight excluding hydrogens is 387 g/mol. The maximum Gasteiger partial charge on any atom is 0.120 e. The van der Waals surface area contributed by atoms with Crippen molar-refractivity contribution < 1.29 is 0 Å². The molecule has 1 atom stereocenters. The average molecular weight is 414 g/mol. The van der Waals surface area contributed by atoms with Gasteiger partial charge >= 0.3 is 0 Å². The maximum atomic E-state index is 2.34. The van der Waals surface area contributed by atoms with Gasteiger partial charge < -0.3 is 0 Å². The van der Waals surface area contributed by atoms with Gasteiger partial charge in [0.2, 0.25) is 0 Å². The molecule has 1 unspecified atom stereocenters. The number of thioether (sulfide) groups is 1. The van der Waals surface area contributed by atoms with Gasteiger partial charge in [-0.25, -0.2) is 0 Å². The summed E-state index contributed by atoms with van der Waals surface area (Å²) < 4.78 is 0. The lowest BCUT2D eigenvalue weighted by molar-refractivity contribution is 1.10. The summed E-state index contributed by atoms with van der Waals surface area (Å²) in [5, 5.41) is 4.33.